The first-order valence-corrected chi connectivity index (χ1v) is 7.10. The van der Waals surface area contributed by atoms with E-state index in [9.17, 15) is 4.21 Å². The van der Waals surface area contributed by atoms with E-state index in [0.29, 0.717) is 17.6 Å². The fraction of sp³-hybridized carbons (Fsp3) is 1.00. The molecule has 0 rings (SSSR count). The third-order valence-electron chi connectivity index (χ3n) is 2.92. The Kier molecular flexibility index (Phi) is 7.47. The lowest BCUT2D eigenvalue weighted by atomic mass is 10.0. The fourth-order valence-corrected chi connectivity index (χ4v) is 2.95. The molecule has 0 aromatic rings. The molecule has 2 nitrogen and oxygen atoms in total. The average molecular weight is 219 g/mol. The Morgan fingerprint density at radius 1 is 1.14 bits per heavy atom. The van der Waals surface area contributed by atoms with Gasteiger partial charge in [0, 0.05) is 28.3 Å². The monoisotopic (exact) mass is 219 g/mol. The molecule has 0 aliphatic heterocycles. The van der Waals surface area contributed by atoms with Gasteiger partial charge in [0.15, 0.2) is 0 Å². The van der Waals surface area contributed by atoms with Crippen LogP contribution in [0.5, 0.6) is 0 Å². The zero-order valence-corrected chi connectivity index (χ0v) is 10.8. The van der Waals surface area contributed by atoms with Crippen LogP contribution in [0.15, 0.2) is 0 Å². The first-order valence-electron chi connectivity index (χ1n) is 5.61. The Morgan fingerprint density at radius 2 is 1.71 bits per heavy atom. The lowest BCUT2D eigenvalue weighted by Crippen LogP contribution is -2.34. The predicted molar refractivity (Wildman–Crippen MR) is 64.8 cm³/mol. The molecule has 0 saturated carbocycles. The van der Waals surface area contributed by atoms with Crippen LogP contribution in [0.3, 0.4) is 0 Å². The van der Waals surface area contributed by atoms with Gasteiger partial charge in [-0.05, 0) is 11.8 Å². The Balaban J connectivity index is 3.82. The van der Waals surface area contributed by atoms with Gasteiger partial charge in [-0.1, -0.05) is 40.5 Å². The molecule has 0 fully saturated rings. The Bertz CT molecular complexity index is 173. The van der Waals surface area contributed by atoms with Gasteiger partial charge < -0.3 is 5.73 Å². The summed E-state index contributed by atoms with van der Waals surface area (Å²) in [6.07, 6.45) is 2.17. The molecule has 4 unspecified atom stereocenters. The highest BCUT2D eigenvalue weighted by Crippen LogP contribution is 2.09. The van der Waals surface area contributed by atoms with E-state index in [1.807, 2.05) is 0 Å². The Morgan fingerprint density at radius 3 is 2.14 bits per heavy atom. The van der Waals surface area contributed by atoms with Crippen molar-refractivity contribution in [2.24, 2.45) is 17.6 Å². The number of rotatable bonds is 7. The summed E-state index contributed by atoms with van der Waals surface area (Å²) in [7, 11) is -0.727. The zero-order chi connectivity index (χ0) is 11.1. The largest absolute Gasteiger partial charge is 0.327 e. The highest BCUT2D eigenvalue weighted by molar-refractivity contribution is 7.85. The molecule has 14 heavy (non-hydrogen) atoms. The van der Waals surface area contributed by atoms with Crippen LogP contribution < -0.4 is 5.73 Å². The Hall–Kier alpha value is 0.110. The van der Waals surface area contributed by atoms with Crippen LogP contribution in [0.4, 0.5) is 0 Å². The van der Waals surface area contributed by atoms with E-state index in [0.717, 1.165) is 18.6 Å². The molecule has 0 bridgehead atoms. The summed E-state index contributed by atoms with van der Waals surface area (Å²) in [5.74, 6) is 2.51. The lowest BCUT2D eigenvalue weighted by molar-refractivity contribution is 0.471. The molecule has 0 heterocycles. The standard InChI is InChI=1S/C11H25NOS/c1-5-9(3)7-14(13)8-11(12)10(4)6-2/h9-11H,5-8,12H2,1-4H3. The highest BCUT2D eigenvalue weighted by Gasteiger charge is 2.15. The van der Waals surface area contributed by atoms with E-state index in [1.54, 1.807) is 0 Å². The minimum absolute atomic E-state index is 0.102. The quantitative estimate of drug-likeness (QED) is 0.713. The summed E-state index contributed by atoms with van der Waals surface area (Å²) in [6, 6.07) is 0.102. The Labute approximate surface area is 91.1 Å². The van der Waals surface area contributed by atoms with Crippen molar-refractivity contribution in [1.82, 2.24) is 0 Å². The van der Waals surface area contributed by atoms with Crippen LogP contribution in [0.1, 0.15) is 40.5 Å². The van der Waals surface area contributed by atoms with Crippen molar-refractivity contribution in [3.63, 3.8) is 0 Å². The van der Waals surface area contributed by atoms with Crippen molar-refractivity contribution in [3.8, 4) is 0 Å². The van der Waals surface area contributed by atoms with Crippen molar-refractivity contribution >= 4 is 10.8 Å². The van der Waals surface area contributed by atoms with Gasteiger partial charge in [-0.15, -0.1) is 0 Å². The first-order chi connectivity index (χ1) is 6.51. The van der Waals surface area contributed by atoms with Crippen molar-refractivity contribution in [2.75, 3.05) is 11.5 Å². The third-order valence-corrected chi connectivity index (χ3v) is 4.62. The summed E-state index contributed by atoms with van der Waals surface area (Å²) in [4.78, 5) is 0. The van der Waals surface area contributed by atoms with Gasteiger partial charge in [0.2, 0.25) is 0 Å². The maximum atomic E-state index is 11.7. The summed E-state index contributed by atoms with van der Waals surface area (Å²) in [5, 5.41) is 0. The van der Waals surface area contributed by atoms with Gasteiger partial charge in [0.05, 0.1) is 0 Å². The minimum Gasteiger partial charge on any atom is -0.327 e. The van der Waals surface area contributed by atoms with Crippen LogP contribution >= 0.6 is 0 Å². The van der Waals surface area contributed by atoms with Crippen LogP contribution in [0, 0.1) is 11.8 Å². The molecule has 0 aromatic heterocycles. The summed E-state index contributed by atoms with van der Waals surface area (Å²) < 4.78 is 11.7. The van der Waals surface area contributed by atoms with E-state index >= 15 is 0 Å². The maximum absolute atomic E-state index is 11.7. The van der Waals surface area contributed by atoms with E-state index in [-0.39, 0.29) is 6.04 Å². The molecule has 0 saturated heterocycles. The average Bonchev–Trinajstić information content (AvgIpc) is 2.15. The number of hydrogen-bond acceptors (Lipinski definition) is 2. The minimum atomic E-state index is -0.727. The van der Waals surface area contributed by atoms with E-state index in [1.165, 1.54) is 0 Å². The fourth-order valence-electron chi connectivity index (χ4n) is 1.18. The van der Waals surface area contributed by atoms with Crippen molar-refractivity contribution in [2.45, 2.75) is 46.6 Å². The molecule has 0 radical (unpaired) electrons. The van der Waals surface area contributed by atoms with E-state index in [4.69, 9.17) is 5.73 Å². The molecule has 0 spiro atoms. The molecule has 86 valence electrons. The maximum Gasteiger partial charge on any atom is 0.0389 e. The van der Waals surface area contributed by atoms with Gasteiger partial charge in [-0.25, -0.2) is 0 Å². The van der Waals surface area contributed by atoms with Crippen LogP contribution in [-0.2, 0) is 10.8 Å². The van der Waals surface area contributed by atoms with Crippen molar-refractivity contribution in [1.29, 1.82) is 0 Å². The van der Waals surface area contributed by atoms with Crippen molar-refractivity contribution < 1.29 is 4.21 Å². The molecule has 0 aromatic carbocycles. The second kappa shape index (κ2) is 7.41. The van der Waals surface area contributed by atoms with Gasteiger partial charge in [-0.3, -0.25) is 4.21 Å². The van der Waals surface area contributed by atoms with Gasteiger partial charge in [0.25, 0.3) is 0 Å². The van der Waals surface area contributed by atoms with Crippen LogP contribution in [0.25, 0.3) is 0 Å². The lowest BCUT2D eigenvalue weighted by Gasteiger charge is -2.18. The topological polar surface area (TPSA) is 43.1 Å². The SMILES string of the molecule is CCC(C)CS(=O)CC(N)C(C)CC. The summed E-state index contributed by atoms with van der Waals surface area (Å²) in [6.45, 7) is 8.54. The zero-order valence-electron chi connectivity index (χ0n) is 9.95. The normalized spacial score (nSPS) is 20.1. The predicted octanol–water partition coefficient (Wildman–Crippen LogP) is 2.15. The van der Waals surface area contributed by atoms with Gasteiger partial charge >= 0.3 is 0 Å². The molecule has 0 amide bonds. The molecular weight excluding hydrogens is 194 g/mol. The number of nitrogens with two attached hydrogens (primary N) is 1. The second-order valence-electron chi connectivity index (χ2n) is 4.34. The van der Waals surface area contributed by atoms with E-state index in [2.05, 4.69) is 27.7 Å². The molecule has 3 heteroatoms. The molecule has 2 N–H and O–H groups in total. The van der Waals surface area contributed by atoms with Crippen LogP contribution in [-0.4, -0.2) is 21.8 Å². The number of hydrogen-bond donors (Lipinski definition) is 1. The van der Waals surface area contributed by atoms with Gasteiger partial charge in [0.1, 0.15) is 0 Å². The molecular formula is C11H25NOS. The van der Waals surface area contributed by atoms with Crippen molar-refractivity contribution in [3.05, 3.63) is 0 Å². The third kappa shape index (κ3) is 5.76. The van der Waals surface area contributed by atoms with Gasteiger partial charge in [-0.2, -0.15) is 0 Å². The summed E-state index contributed by atoms with van der Waals surface area (Å²) in [5.41, 5.74) is 5.95. The smallest absolute Gasteiger partial charge is 0.0389 e. The molecule has 4 atom stereocenters. The second-order valence-corrected chi connectivity index (χ2v) is 5.88. The van der Waals surface area contributed by atoms with E-state index < -0.39 is 10.8 Å². The first kappa shape index (κ1) is 14.1. The molecule has 0 aliphatic carbocycles. The summed E-state index contributed by atoms with van der Waals surface area (Å²) >= 11 is 0. The van der Waals surface area contributed by atoms with Crippen LogP contribution in [0.2, 0.25) is 0 Å². The highest BCUT2D eigenvalue weighted by atomic mass is 32.2. The molecule has 0 aliphatic rings.